The van der Waals surface area contributed by atoms with Gasteiger partial charge in [0, 0.05) is 20.1 Å². The van der Waals surface area contributed by atoms with Gasteiger partial charge < -0.3 is 15.6 Å². The molecule has 6 nitrogen and oxygen atoms in total. The number of pyridine rings is 1. The molecule has 3 rings (SSSR count). The Labute approximate surface area is 112 Å². The Morgan fingerprint density at radius 3 is 3.11 bits per heavy atom. The highest BCUT2D eigenvalue weighted by atomic mass is 15.2. The van der Waals surface area contributed by atoms with E-state index in [1.54, 1.807) is 0 Å². The van der Waals surface area contributed by atoms with Gasteiger partial charge >= 0.3 is 0 Å². The zero-order chi connectivity index (χ0) is 13.1. The van der Waals surface area contributed by atoms with Crippen molar-refractivity contribution in [1.29, 1.82) is 0 Å². The van der Waals surface area contributed by atoms with Crippen LogP contribution in [0.2, 0.25) is 0 Å². The number of imidazole rings is 1. The van der Waals surface area contributed by atoms with Gasteiger partial charge in [0.15, 0.2) is 5.65 Å². The van der Waals surface area contributed by atoms with E-state index in [2.05, 4.69) is 30.5 Å². The number of aromatic amines is 1. The summed E-state index contributed by atoms with van der Waals surface area (Å²) in [5, 5.41) is 6.45. The van der Waals surface area contributed by atoms with Gasteiger partial charge in [-0.25, -0.2) is 9.97 Å². The lowest BCUT2D eigenvalue weighted by Gasteiger charge is -2.17. The van der Waals surface area contributed by atoms with Crippen LogP contribution < -0.4 is 10.6 Å². The summed E-state index contributed by atoms with van der Waals surface area (Å²) >= 11 is 0. The average Bonchev–Trinajstić information content (AvgIpc) is 2.64. The maximum atomic E-state index is 4.58. The highest BCUT2D eigenvalue weighted by molar-refractivity contribution is 5.72. The summed E-state index contributed by atoms with van der Waals surface area (Å²) in [5.74, 6) is 1.85. The van der Waals surface area contributed by atoms with Crippen molar-refractivity contribution in [2.45, 2.75) is 13.0 Å². The predicted octanol–water partition coefficient (Wildman–Crippen LogP) is 0.795. The molecule has 3 N–H and O–H groups in total. The van der Waals surface area contributed by atoms with Crippen LogP contribution in [0.5, 0.6) is 0 Å². The molecule has 0 unspecified atom stereocenters. The molecule has 3 heterocycles. The first-order valence-corrected chi connectivity index (χ1v) is 6.81. The molecule has 0 atom stereocenters. The van der Waals surface area contributed by atoms with Crippen molar-refractivity contribution in [3.05, 3.63) is 18.0 Å². The number of nitrogens with zero attached hydrogens (tertiary/aromatic N) is 3. The topological polar surface area (TPSA) is 68.9 Å². The quantitative estimate of drug-likeness (QED) is 0.761. The molecule has 0 aromatic carbocycles. The van der Waals surface area contributed by atoms with Crippen LogP contribution in [0.25, 0.3) is 11.2 Å². The van der Waals surface area contributed by atoms with Crippen LogP contribution in [0.3, 0.4) is 0 Å². The van der Waals surface area contributed by atoms with E-state index in [4.69, 9.17) is 0 Å². The molecular weight excluding hydrogens is 240 g/mol. The minimum atomic E-state index is 0.787. The third-order valence-corrected chi connectivity index (χ3v) is 3.46. The summed E-state index contributed by atoms with van der Waals surface area (Å²) in [7, 11) is 1.87. The fourth-order valence-corrected chi connectivity index (χ4v) is 2.43. The highest BCUT2D eigenvalue weighted by Crippen LogP contribution is 2.13. The van der Waals surface area contributed by atoms with E-state index in [-0.39, 0.29) is 0 Å². The van der Waals surface area contributed by atoms with E-state index in [0.717, 1.165) is 55.5 Å². The van der Waals surface area contributed by atoms with E-state index < -0.39 is 0 Å². The minimum Gasteiger partial charge on any atom is -0.373 e. The summed E-state index contributed by atoms with van der Waals surface area (Å²) in [6, 6.07) is 3.98. The Kier molecular flexibility index (Phi) is 3.61. The second kappa shape index (κ2) is 5.54. The first-order chi connectivity index (χ1) is 9.35. The molecule has 102 valence electrons. The van der Waals surface area contributed by atoms with Crippen LogP contribution >= 0.6 is 0 Å². The Morgan fingerprint density at radius 1 is 1.26 bits per heavy atom. The SMILES string of the molecule is CNc1ccc2[nH]c(CN3CCCNCC3)nc2n1. The number of hydrogen-bond donors (Lipinski definition) is 3. The van der Waals surface area contributed by atoms with Crippen molar-refractivity contribution in [3.63, 3.8) is 0 Å². The van der Waals surface area contributed by atoms with Gasteiger partial charge in [0.1, 0.15) is 11.6 Å². The molecule has 0 radical (unpaired) electrons. The molecule has 2 aromatic heterocycles. The summed E-state index contributed by atoms with van der Waals surface area (Å²) in [5.41, 5.74) is 1.79. The van der Waals surface area contributed by atoms with Crippen molar-refractivity contribution < 1.29 is 0 Å². The third-order valence-electron chi connectivity index (χ3n) is 3.46. The molecule has 0 spiro atoms. The Morgan fingerprint density at radius 2 is 2.21 bits per heavy atom. The lowest BCUT2D eigenvalue weighted by atomic mass is 10.4. The van der Waals surface area contributed by atoms with Gasteiger partial charge in [-0.2, -0.15) is 0 Å². The molecule has 1 saturated heterocycles. The van der Waals surface area contributed by atoms with Gasteiger partial charge in [0.05, 0.1) is 12.1 Å². The molecule has 0 amide bonds. The van der Waals surface area contributed by atoms with Crippen LogP contribution in [0.1, 0.15) is 12.2 Å². The Hall–Kier alpha value is -1.66. The molecule has 1 aliphatic rings. The first kappa shape index (κ1) is 12.4. The molecular formula is C13H20N6. The standard InChI is InChI=1S/C13H20N6/c1-14-11-4-3-10-13(17-11)18-12(16-10)9-19-7-2-5-15-6-8-19/h3-4,15H,2,5-9H2,1H3,(H2,14,16,17,18). The van der Waals surface area contributed by atoms with Gasteiger partial charge in [-0.05, 0) is 31.6 Å². The predicted molar refractivity (Wildman–Crippen MR) is 76.2 cm³/mol. The van der Waals surface area contributed by atoms with E-state index in [1.807, 2.05) is 19.2 Å². The maximum Gasteiger partial charge on any atom is 0.179 e. The van der Waals surface area contributed by atoms with E-state index in [0.29, 0.717) is 0 Å². The highest BCUT2D eigenvalue weighted by Gasteiger charge is 2.12. The number of hydrogen-bond acceptors (Lipinski definition) is 5. The van der Waals surface area contributed by atoms with E-state index >= 15 is 0 Å². The summed E-state index contributed by atoms with van der Waals surface area (Å²) in [6.45, 7) is 5.24. The van der Waals surface area contributed by atoms with E-state index in [9.17, 15) is 0 Å². The average molecular weight is 260 g/mol. The number of nitrogens with one attached hydrogen (secondary N) is 3. The molecule has 0 saturated carbocycles. The van der Waals surface area contributed by atoms with Gasteiger partial charge in [-0.3, -0.25) is 4.90 Å². The molecule has 6 heteroatoms. The summed E-state index contributed by atoms with van der Waals surface area (Å²) in [6.07, 6.45) is 1.20. The van der Waals surface area contributed by atoms with Gasteiger partial charge in [-0.1, -0.05) is 0 Å². The van der Waals surface area contributed by atoms with Crippen molar-refractivity contribution in [2.24, 2.45) is 0 Å². The van der Waals surface area contributed by atoms with E-state index in [1.165, 1.54) is 6.42 Å². The molecule has 0 aliphatic carbocycles. The lowest BCUT2D eigenvalue weighted by molar-refractivity contribution is 0.278. The summed E-state index contributed by atoms with van der Waals surface area (Å²) in [4.78, 5) is 14.8. The van der Waals surface area contributed by atoms with Crippen LogP contribution in [0, 0.1) is 0 Å². The zero-order valence-corrected chi connectivity index (χ0v) is 11.2. The fourth-order valence-electron chi connectivity index (χ4n) is 2.43. The smallest absolute Gasteiger partial charge is 0.179 e. The molecule has 1 aliphatic heterocycles. The molecule has 19 heavy (non-hydrogen) atoms. The van der Waals surface area contributed by atoms with Crippen LogP contribution in [0.4, 0.5) is 5.82 Å². The molecule has 1 fully saturated rings. The maximum absolute atomic E-state index is 4.58. The number of H-pyrrole nitrogens is 1. The zero-order valence-electron chi connectivity index (χ0n) is 11.2. The fraction of sp³-hybridized carbons (Fsp3) is 0.538. The minimum absolute atomic E-state index is 0.787. The summed E-state index contributed by atoms with van der Waals surface area (Å²) < 4.78 is 0. The van der Waals surface area contributed by atoms with Crippen LogP contribution in [0.15, 0.2) is 12.1 Å². The molecule has 0 bridgehead atoms. The molecule has 2 aromatic rings. The van der Waals surface area contributed by atoms with Crippen molar-refractivity contribution in [1.82, 2.24) is 25.2 Å². The third kappa shape index (κ3) is 2.85. The Balaban J connectivity index is 1.76. The Bertz CT molecular complexity index is 541. The van der Waals surface area contributed by atoms with Crippen molar-refractivity contribution in [3.8, 4) is 0 Å². The number of anilines is 1. The monoisotopic (exact) mass is 260 g/mol. The van der Waals surface area contributed by atoms with Crippen molar-refractivity contribution in [2.75, 3.05) is 38.5 Å². The van der Waals surface area contributed by atoms with Crippen LogP contribution in [-0.2, 0) is 6.54 Å². The lowest BCUT2D eigenvalue weighted by Crippen LogP contribution is -2.28. The second-order valence-corrected chi connectivity index (χ2v) is 4.88. The number of rotatable bonds is 3. The van der Waals surface area contributed by atoms with Crippen LogP contribution in [-0.4, -0.2) is 53.1 Å². The normalized spacial score (nSPS) is 17.5. The van der Waals surface area contributed by atoms with Crippen molar-refractivity contribution >= 4 is 17.0 Å². The van der Waals surface area contributed by atoms with Gasteiger partial charge in [0.2, 0.25) is 0 Å². The largest absolute Gasteiger partial charge is 0.373 e. The van der Waals surface area contributed by atoms with Gasteiger partial charge in [-0.15, -0.1) is 0 Å². The number of fused-ring (bicyclic) bond motifs is 1. The first-order valence-electron chi connectivity index (χ1n) is 6.81. The van der Waals surface area contributed by atoms with Gasteiger partial charge in [0.25, 0.3) is 0 Å². The number of aromatic nitrogens is 3. The second-order valence-electron chi connectivity index (χ2n) is 4.88.